The van der Waals surface area contributed by atoms with Crippen LogP contribution in [0.25, 0.3) is 0 Å². The summed E-state index contributed by atoms with van der Waals surface area (Å²) in [6.07, 6.45) is 6.57. The molecule has 2 aromatic heterocycles. The standard InChI is InChI=1S/C13H13ClN4O/c1-2-6-18-13(19)12(14)11(9-17-18)16-8-10-4-3-5-15-7-10/h2-5,7,9,16H,1,6,8H2. The lowest BCUT2D eigenvalue weighted by Gasteiger charge is -2.09. The zero-order valence-corrected chi connectivity index (χ0v) is 11.0. The number of aromatic nitrogens is 3. The van der Waals surface area contributed by atoms with Crippen LogP contribution in [0.4, 0.5) is 5.69 Å². The highest BCUT2D eigenvalue weighted by molar-refractivity contribution is 6.32. The monoisotopic (exact) mass is 276 g/mol. The van der Waals surface area contributed by atoms with E-state index < -0.39 is 0 Å². The minimum absolute atomic E-state index is 0.126. The lowest BCUT2D eigenvalue weighted by Crippen LogP contribution is -2.23. The van der Waals surface area contributed by atoms with E-state index in [9.17, 15) is 4.79 Å². The lowest BCUT2D eigenvalue weighted by atomic mass is 10.3. The Hall–Kier alpha value is -2.14. The topological polar surface area (TPSA) is 59.8 Å². The number of halogens is 1. The van der Waals surface area contributed by atoms with Crippen molar-refractivity contribution in [3.05, 3.63) is 64.3 Å². The normalized spacial score (nSPS) is 10.2. The van der Waals surface area contributed by atoms with Crippen molar-refractivity contribution in [1.29, 1.82) is 0 Å². The van der Waals surface area contributed by atoms with Crippen LogP contribution in [0.3, 0.4) is 0 Å². The predicted octanol–water partition coefficient (Wildman–Crippen LogP) is 2.09. The molecule has 0 aliphatic heterocycles. The second-order valence-electron chi connectivity index (χ2n) is 3.86. The molecule has 0 aromatic carbocycles. The van der Waals surface area contributed by atoms with Crippen molar-refractivity contribution in [1.82, 2.24) is 14.8 Å². The van der Waals surface area contributed by atoms with Gasteiger partial charge in [0.1, 0.15) is 5.02 Å². The molecule has 0 saturated carbocycles. The highest BCUT2D eigenvalue weighted by atomic mass is 35.5. The minimum Gasteiger partial charge on any atom is -0.378 e. The highest BCUT2D eigenvalue weighted by Gasteiger charge is 2.08. The maximum atomic E-state index is 11.9. The van der Waals surface area contributed by atoms with Gasteiger partial charge in [-0.15, -0.1) is 6.58 Å². The van der Waals surface area contributed by atoms with Crippen LogP contribution in [0.1, 0.15) is 5.56 Å². The molecule has 0 saturated heterocycles. The molecule has 0 atom stereocenters. The summed E-state index contributed by atoms with van der Waals surface area (Å²) in [6, 6.07) is 3.78. The maximum absolute atomic E-state index is 11.9. The predicted molar refractivity (Wildman–Crippen MR) is 75.3 cm³/mol. The summed E-state index contributed by atoms with van der Waals surface area (Å²) in [7, 11) is 0. The molecule has 0 radical (unpaired) electrons. The minimum atomic E-state index is -0.335. The molecule has 98 valence electrons. The number of nitrogens with one attached hydrogen (secondary N) is 1. The Balaban J connectivity index is 2.16. The Morgan fingerprint density at radius 2 is 2.32 bits per heavy atom. The van der Waals surface area contributed by atoms with Gasteiger partial charge in [0.15, 0.2) is 0 Å². The van der Waals surface area contributed by atoms with Crippen LogP contribution in [0.5, 0.6) is 0 Å². The van der Waals surface area contributed by atoms with Gasteiger partial charge in [0.2, 0.25) is 0 Å². The van der Waals surface area contributed by atoms with Crippen LogP contribution in [-0.2, 0) is 13.1 Å². The third-order valence-electron chi connectivity index (χ3n) is 2.49. The van der Waals surface area contributed by atoms with E-state index in [2.05, 4.69) is 22.0 Å². The van der Waals surface area contributed by atoms with Crippen LogP contribution in [-0.4, -0.2) is 14.8 Å². The fraction of sp³-hybridized carbons (Fsp3) is 0.154. The van der Waals surface area contributed by atoms with E-state index in [4.69, 9.17) is 11.6 Å². The molecule has 0 fully saturated rings. The van der Waals surface area contributed by atoms with Crippen LogP contribution in [0, 0.1) is 0 Å². The van der Waals surface area contributed by atoms with E-state index in [0.29, 0.717) is 18.8 Å². The summed E-state index contributed by atoms with van der Waals surface area (Å²) >= 11 is 6.01. The second-order valence-corrected chi connectivity index (χ2v) is 4.24. The van der Waals surface area contributed by atoms with E-state index >= 15 is 0 Å². The Morgan fingerprint density at radius 3 is 3.00 bits per heavy atom. The molecule has 1 N–H and O–H groups in total. The lowest BCUT2D eigenvalue weighted by molar-refractivity contribution is 0.653. The molecule has 2 rings (SSSR count). The molecule has 2 heterocycles. The first-order chi connectivity index (χ1) is 9.22. The van der Waals surface area contributed by atoms with Crippen molar-refractivity contribution < 1.29 is 0 Å². The van der Waals surface area contributed by atoms with Crippen molar-refractivity contribution in [2.75, 3.05) is 5.32 Å². The van der Waals surface area contributed by atoms with E-state index in [-0.39, 0.29) is 10.6 Å². The summed E-state index contributed by atoms with van der Waals surface area (Å²) in [5, 5.41) is 7.20. The smallest absolute Gasteiger partial charge is 0.287 e. The van der Waals surface area contributed by atoms with Gasteiger partial charge in [-0.25, -0.2) is 4.68 Å². The van der Waals surface area contributed by atoms with Gasteiger partial charge in [-0.2, -0.15) is 5.10 Å². The molecule has 0 aliphatic rings. The summed E-state index contributed by atoms with van der Waals surface area (Å²) in [5.74, 6) is 0. The van der Waals surface area contributed by atoms with E-state index in [1.165, 1.54) is 10.9 Å². The molecular weight excluding hydrogens is 264 g/mol. The molecule has 5 nitrogen and oxygen atoms in total. The van der Waals surface area contributed by atoms with Gasteiger partial charge in [-0.1, -0.05) is 23.7 Å². The van der Waals surface area contributed by atoms with Crippen LogP contribution >= 0.6 is 11.6 Å². The van der Waals surface area contributed by atoms with Crippen LogP contribution in [0.15, 0.2) is 48.2 Å². The van der Waals surface area contributed by atoms with Crippen molar-refractivity contribution in [3.63, 3.8) is 0 Å². The fourth-order valence-electron chi connectivity index (χ4n) is 1.54. The van der Waals surface area contributed by atoms with Gasteiger partial charge in [-0.05, 0) is 11.6 Å². The first kappa shape index (κ1) is 13.3. The second kappa shape index (κ2) is 6.15. The molecule has 0 spiro atoms. The summed E-state index contributed by atoms with van der Waals surface area (Å²) in [4.78, 5) is 15.9. The van der Waals surface area contributed by atoms with Gasteiger partial charge in [0.05, 0.1) is 18.4 Å². The van der Waals surface area contributed by atoms with E-state index in [0.717, 1.165) is 5.56 Å². The molecule has 2 aromatic rings. The third kappa shape index (κ3) is 3.20. The largest absolute Gasteiger partial charge is 0.378 e. The van der Waals surface area contributed by atoms with Crippen molar-refractivity contribution >= 4 is 17.3 Å². The molecule has 0 bridgehead atoms. The van der Waals surface area contributed by atoms with Gasteiger partial charge in [-0.3, -0.25) is 9.78 Å². The summed E-state index contributed by atoms with van der Waals surface area (Å²) in [6.45, 7) is 4.42. The Kier molecular flexibility index (Phi) is 4.30. The summed E-state index contributed by atoms with van der Waals surface area (Å²) in [5.41, 5.74) is 1.17. The van der Waals surface area contributed by atoms with Crippen molar-refractivity contribution in [3.8, 4) is 0 Å². The number of pyridine rings is 1. The van der Waals surface area contributed by atoms with Crippen molar-refractivity contribution in [2.45, 2.75) is 13.1 Å². The Morgan fingerprint density at radius 1 is 1.47 bits per heavy atom. The number of allylic oxidation sites excluding steroid dienone is 1. The molecule has 6 heteroatoms. The molecule has 19 heavy (non-hydrogen) atoms. The average molecular weight is 277 g/mol. The molecular formula is C13H13ClN4O. The quantitative estimate of drug-likeness (QED) is 0.850. The molecule has 0 aliphatic carbocycles. The van der Waals surface area contributed by atoms with Gasteiger partial charge < -0.3 is 5.32 Å². The molecule has 0 amide bonds. The number of hydrogen-bond donors (Lipinski definition) is 1. The third-order valence-corrected chi connectivity index (χ3v) is 2.86. The number of hydrogen-bond acceptors (Lipinski definition) is 4. The first-order valence-electron chi connectivity index (χ1n) is 5.71. The zero-order valence-electron chi connectivity index (χ0n) is 10.2. The molecule has 0 unspecified atom stereocenters. The van der Waals surface area contributed by atoms with Crippen molar-refractivity contribution in [2.24, 2.45) is 0 Å². The van der Waals surface area contributed by atoms with Crippen LogP contribution < -0.4 is 10.9 Å². The van der Waals surface area contributed by atoms with Gasteiger partial charge in [0.25, 0.3) is 5.56 Å². The Bertz CT molecular complexity index is 624. The Labute approximate surface area is 115 Å². The zero-order chi connectivity index (χ0) is 13.7. The number of nitrogens with zero attached hydrogens (tertiary/aromatic N) is 3. The van der Waals surface area contributed by atoms with E-state index in [1.807, 2.05) is 12.1 Å². The SMILES string of the molecule is C=CCn1ncc(NCc2cccnc2)c(Cl)c1=O. The fourth-order valence-corrected chi connectivity index (χ4v) is 1.75. The first-order valence-corrected chi connectivity index (χ1v) is 6.09. The van der Waals surface area contributed by atoms with Crippen LogP contribution in [0.2, 0.25) is 5.02 Å². The van der Waals surface area contributed by atoms with Gasteiger partial charge in [0, 0.05) is 18.9 Å². The number of anilines is 1. The average Bonchev–Trinajstić information content (AvgIpc) is 2.44. The van der Waals surface area contributed by atoms with E-state index in [1.54, 1.807) is 18.5 Å². The maximum Gasteiger partial charge on any atom is 0.287 e. The summed E-state index contributed by atoms with van der Waals surface area (Å²) < 4.78 is 1.25. The van der Waals surface area contributed by atoms with Gasteiger partial charge >= 0.3 is 0 Å². The highest BCUT2D eigenvalue weighted by Crippen LogP contribution is 2.16. The number of rotatable bonds is 5.